The summed E-state index contributed by atoms with van der Waals surface area (Å²) in [6.07, 6.45) is 2.71. The van der Waals surface area contributed by atoms with Crippen LogP contribution in [0.2, 0.25) is 0 Å². The van der Waals surface area contributed by atoms with Crippen molar-refractivity contribution < 1.29 is 19.6 Å². The van der Waals surface area contributed by atoms with Gasteiger partial charge in [-0.3, -0.25) is 24.4 Å². The molecule has 0 atom stereocenters. The standard InChI is InChI=1S/C17H19N3O5/c1-2-3-7-18-8-6-12-13-9-11(20(24)25)4-5-14(13)19(15(12)10-18)16(21)17(22)23/h4-5,9H,2-3,6-8,10H2,1H3,(H,22,23). The number of fused-ring (bicyclic) bond motifs is 3. The number of carboxylic acids is 1. The summed E-state index contributed by atoms with van der Waals surface area (Å²) >= 11 is 0. The molecule has 0 saturated carbocycles. The van der Waals surface area contributed by atoms with Crippen molar-refractivity contribution >= 4 is 28.5 Å². The van der Waals surface area contributed by atoms with Crippen LogP contribution in [0.5, 0.6) is 0 Å². The van der Waals surface area contributed by atoms with Gasteiger partial charge in [-0.15, -0.1) is 0 Å². The minimum atomic E-state index is -1.54. The Morgan fingerprint density at radius 2 is 2.12 bits per heavy atom. The number of non-ortho nitro benzene ring substituents is 1. The number of carbonyl (C=O) groups is 2. The maximum Gasteiger partial charge on any atom is 0.395 e. The number of nitro groups is 1. The number of hydrogen-bond acceptors (Lipinski definition) is 5. The second kappa shape index (κ2) is 6.64. The lowest BCUT2D eigenvalue weighted by molar-refractivity contribution is -0.384. The Bertz CT molecular complexity index is 871. The van der Waals surface area contributed by atoms with Gasteiger partial charge in [0.25, 0.3) is 5.69 Å². The highest BCUT2D eigenvalue weighted by molar-refractivity contribution is 6.34. The normalized spacial score (nSPS) is 14.4. The van der Waals surface area contributed by atoms with Gasteiger partial charge in [-0.1, -0.05) is 13.3 Å². The van der Waals surface area contributed by atoms with E-state index in [2.05, 4.69) is 11.8 Å². The van der Waals surface area contributed by atoms with E-state index in [1.54, 1.807) is 0 Å². The fraction of sp³-hybridized carbons (Fsp3) is 0.412. The number of rotatable bonds is 4. The van der Waals surface area contributed by atoms with Crippen LogP contribution < -0.4 is 0 Å². The molecule has 132 valence electrons. The Labute approximate surface area is 143 Å². The van der Waals surface area contributed by atoms with Crippen LogP contribution in [0.1, 0.15) is 35.8 Å². The molecule has 3 rings (SSSR count). The van der Waals surface area contributed by atoms with Crippen molar-refractivity contribution in [2.75, 3.05) is 13.1 Å². The number of unbranched alkanes of at least 4 members (excludes halogenated alkanes) is 1. The van der Waals surface area contributed by atoms with E-state index in [-0.39, 0.29) is 5.69 Å². The highest BCUT2D eigenvalue weighted by Crippen LogP contribution is 2.33. The molecule has 25 heavy (non-hydrogen) atoms. The zero-order chi connectivity index (χ0) is 18.1. The topological polar surface area (TPSA) is 106 Å². The minimum absolute atomic E-state index is 0.0661. The zero-order valence-corrected chi connectivity index (χ0v) is 13.9. The fourth-order valence-electron chi connectivity index (χ4n) is 3.42. The summed E-state index contributed by atoms with van der Waals surface area (Å²) in [5, 5.41) is 20.8. The molecular formula is C17H19N3O5. The predicted molar refractivity (Wildman–Crippen MR) is 90.7 cm³/mol. The quantitative estimate of drug-likeness (QED) is 0.518. The molecule has 1 aliphatic heterocycles. The third-order valence-corrected chi connectivity index (χ3v) is 4.64. The van der Waals surface area contributed by atoms with Gasteiger partial charge in [0, 0.05) is 36.3 Å². The Hall–Kier alpha value is -2.74. The Morgan fingerprint density at radius 3 is 2.76 bits per heavy atom. The first-order chi connectivity index (χ1) is 11.9. The van der Waals surface area contributed by atoms with Gasteiger partial charge in [0.05, 0.1) is 10.4 Å². The summed E-state index contributed by atoms with van der Waals surface area (Å²) in [6, 6.07) is 4.19. The number of carbonyl (C=O) groups excluding carboxylic acids is 1. The summed E-state index contributed by atoms with van der Waals surface area (Å²) in [6.45, 7) is 4.23. The summed E-state index contributed by atoms with van der Waals surface area (Å²) in [5.74, 6) is -2.57. The van der Waals surface area contributed by atoms with E-state index in [0.717, 1.165) is 31.5 Å². The van der Waals surface area contributed by atoms with E-state index in [0.29, 0.717) is 29.6 Å². The second-order valence-electron chi connectivity index (χ2n) is 6.21. The van der Waals surface area contributed by atoms with Crippen LogP contribution in [0.15, 0.2) is 18.2 Å². The highest BCUT2D eigenvalue weighted by atomic mass is 16.6. The molecule has 0 bridgehead atoms. The molecule has 0 amide bonds. The van der Waals surface area contributed by atoms with Crippen molar-refractivity contribution in [1.82, 2.24) is 9.47 Å². The van der Waals surface area contributed by atoms with E-state index in [1.807, 2.05) is 0 Å². The summed E-state index contributed by atoms with van der Waals surface area (Å²) < 4.78 is 1.20. The van der Waals surface area contributed by atoms with Crippen LogP contribution in [0.3, 0.4) is 0 Å². The third kappa shape index (κ3) is 3.00. The first-order valence-electron chi connectivity index (χ1n) is 8.24. The molecule has 0 saturated heterocycles. The maximum atomic E-state index is 12.2. The minimum Gasteiger partial charge on any atom is -0.474 e. The molecule has 1 aromatic carbocycles. The number of hydrogen-bond donors (Lipinski definition) is 1. The average molecular weight is 345 g/mol. The first-order valence-corrected chi connectivity index (χ1v) is 8.24. The van der Waals surface area contributed by atoms with E-state index < -0.39 is 16.8 Å². The third-order valence-electron chi connectivity index (χ3n) is 4.64. The fourth-order valence-corrected chi connectivity index (χ4v) is 3.42. The molecule has 0 aliphatic carbocycles. The van der Waals surface area contributed by atoms with Crippen LogP contribution in [-0.4, -0.2) is 44.5 Å². The molecular weight excluding hydrogens is 326 g/mol. The monoisotopic (exact) mass is 345 g/mol. The van der Waals surface area contributed by atoms with Crippen molar-refractivity contribution in [3.05, 3.63) is 39.6 Å². The van der Waals surface area contributed by atoms with Crippen LogP contribution >= 0.6 is 0 Å². The van der Waals surface area contributed by atoms with E-state index >= 15 is 0 Å². The maximum absolute atomic E-state index is 12.2. The predicted octanol–water partition coefficient (Wildman–Crippen LogP) is 2.43. The van der Waals surface area contributed by atoms with Crippen molar-refractivity contribution in [3.8, 4) is 0 Å². The summed E-state index contributed by atoms with van der Waals surface area (Å²) in [7, 11) is 0. The molecule has 0 radical (unpaired) electrons. The number of aliphatic carboxylic acids is 1. The highest BCUT2D eigenvalue weighted by Gasteiger charge is 2.29. The van der Waals surface area contributed by atoms with E-state index in [4.69, 9.17) is 0 Å². The van der Waals surface area contributed by atoms with Gasteiger partial charge < -0.3 is 5.11 Å². The number of nitrogens with zero attached hydrogens (tertiary/aromatic N) is 3. The molecule has 2 heterocycles. The van der Waals surface area contributed by atoms with E-state index in [1.165, 1.54) is 22.8 Å². The average Bonchev–Trinajstić information content (AvgIpc) is 2.91. The van der Waals surface area contributed by atoms with Crippen LogP contribution in [0.25, 0.3) is 10.9 Å². The molecule has 1 aromatic heterocycles. The Balaban J connectivity index is 2.16. The second-order valence-corrected chi connectivity index (χ2v) is 6.21. The lowest BCUT2D eigenvalue weighted by atomic mass is 10.0. The SMILES string of the molecule is CCCCN1CCc2c(n(C(=O)C(=O)O)c3ccc([N+](=O)[O-])cc23)C1. The van der Waals surface area contributed by atoms with Crippen LogP contribution in [-0.2, 0) is 17.8 Å². The Morgan fingerprint density at radius 1 is 1.36 bits per heavy atom. The van der Waals surface area contributed by atoms with Gasteiger partial charge in [-0.25, -0.2) is 4.79 Å². The van der Waals surface area contributed by atoms with Crippen molar-refractivity contribution in [2.45, 2.75) is 32.7 Å². The molecule has 1 aliphatic rings. The number of benzene rings is 1. The Kier molecular flexibility index (Phi) is 4.54. The van der Waals surface area contributed by atoms with Gasteiger partial charge in [-0.2, -0.15) is 0 Å². The molecule has 0 spiro atoms. The molecule has 8 heteroatoms. The molecule has 0 fully saturated rings. The smallest absolute Gasteiger partial charge is 0.395 e. The van der Waals surface area contributed by atoms with Gasteiger partial charge in [0.2, 0.25) is 0 Å². The van der Waals surface area contributed by atoms with Gasteiger partial charge >= 0.3 is 11.9 Å². The number of nitro benzene ring substituents is 1. The van der Waals surface area contributed by atoms with Crippen LogP contribution in [0.4, 0.5) is 5.69 Å². The van der Waals surface area contributed by atoms with Crippen LogP contribution in [0, 0.1) is 10.1 Å². The molecule has 1 N–H and O–H groups in total. The molecule has 0 unspecified atom stereocenters. The van der Waals surface area contributed by atoms with Gasteiger partial charge in [-0.05, 0) is 31.0 Å². The number of aromatic nitrogens is 1. The van der Waals surface area contributed by atoms with Gasteiger partial charge in [0.1, 0.15) is 0 Å². The molecule has 8 nitrogen and oxygen atoms in total. The summed E-state index contributed by atoms with van der Waals surface area (Å²) in [4.78, 5) is 36.3. The van der Waals surface area contributed by atoms with Crippen molar-refractivity contribution in [3.63, 3.8) is 0 Å². The van der Waals surface area contributed by atoms with Crippen molar-refractivity contribution in [2.24, 2.45) is 0 Å². The first kappa shape index (κ1) is 17.1. The van der Waals surface area contributed by atoms with Crippen molar-refractivity contribution in [1.29, 1.82) is 0 Å². The lowest BCUT2D eigenvalue weighted by Gasteiger charge is -2.27. The summed E-state index contributed by atoms with van der Waals surface area (Å²) in [5.41, 5.74) is 1.82. The lowest BCUT2D eigenvalue weighted by Crippen LogP contribution is -2.34. The van der Waals surface area contributed by atoms with Gasteiger partial charge in [0.15, 0.2) is 0 Å². The molecule has 2 aromatic rings. The largest absolute Gasteiger partial charge is 0.474 e. The zero-order valence-electron chi connectivity index (χ0n) is 13.9. The number of carboxylic acid groups (broad SMARTS) is 1. The van der Waals surface area contributed by atoms with E-state index in [9.17, 15) is 24.8 Å².